The standard InChI is InChI=1S/C13H17AsN6O.C6H6/c14-11-18-12(20-13(19-11)17-7-8-21)16-6-5-9-1-3-10(15)4-2-9;1-2-4-6-5-3-1/h1-4,21H,5-8,15H2,(H2,16,17,18,19,20);1-6H. The van der Waals surface area contributed by atoms with Crippen molar-refractivity contribution in [3.8, 4) is 0 Å². The van der Waals surface area contributed by atoms with E-state index in [1.165, 1.54) is 5.56 Å². The molecule has 5 N–H and O–H groups in total. The van der Waals surface area contributed by atoms with Crippen LogP contribution in [-0.2, 0) is 6.42 Å². The van der Waals surface area contributed by atoms with E-state index < -0.39 is 0 Å². The van der Waals surface area contributed by atoms with Crippen molar-refractivity contribution in [1.29, 1.82) is 0 Å². The molecule has 1 heterocycles. The van der Waals surface area contributed by atoms with Crippen LogP contribution in [0, 0.1) is 0 Å². The first-order chi connectivity index (χ1) is 13.2. The number of hydrogen-bond donors (Lipinski definition) is 4. The van der Waals surface area contributed by atoms with Gasteiger partial charge < -0.3 is 0 Å². The fourth-order valence-electron chi connectivity index (χ4n) is 2.08. The van der Waals surface area contributed by atoms with Gasteiger partial charge in [0.2, 0.25) is 0 Å². The molecule has 2 radical (unpaired) electrons. The number of aromatic nitrogens is 3. The van der Waals surface area contributed by atoms with Crippen molar-refractivity contribution in [2.45, 2.75) is 6.42 Å². The van der Waals surface area contributed by atoms with Gasteiger partial charge in [-0.25, -0.2) is 0 Å². The van der Waals surface area contributed by atoms with Gasteiger partial charge in [-0.05, 0) is 0 Å². The van der Waals surface area contributed by atoms with Crippen LogP contribution < -0.4 is 21.0 Å². The molecule has 27 heavy (non-hydrogen) atoms. The maximum absolute atomic E-state index is 8.79. The molecule has 0 saturated carbocycles. The summed E-state index contributed by atoms with van der Waals surface area (Å²) in [4.78, 5) is 12.6. The molecule has 3 aromatic rings. The number of anilines is 3. The maximum atomic E-state index is 8.79. The Hall–Kier alpha value is -2.63. The third kappa shape index (κ3) is 8.53. The van der Waals surface area contributed by atoms with Gasteiger partial charge in [0.25, 0.3) is 0 Å². The summed E-state index contributed by atoms with van der Waals surface area (Å²) in [5, 5.41) is 14.9. The zero-order valence-corrected chi connectivity index (χ0v) is 16.8. The minimum Gasteiger partial charge on any atom is -0.0623 e. The van der Waals surface area contributed by atoms with Crippen LogP contribution in [0.4, 0.5) is 17.6 Å². The molecule has 0 aliphatic rings. The molecular formula is C19H23AsN6O. The van der Waals surface area contributed by atoms with Crippen molar-refractivity contribution < 1.29 is 5.11 Å². The van der Waals surface area contributed by atoms with Crippen LogP contribution in [0.15, 0.2) is 60.7 Å². The van der Waals surface area contributed by atoms with Crippen LogP contribution in [0.3, 0.4) is 0 Å². The van der Waals surface area contributed by atoms with Crippen LogP contribution in [0.1, 0.15) is 5.56 Å². The Kier molecular flexibility index (Phi) is 9.10. The summed E-state index contributed by atoms with van der Waals surface area (Å²) >= 11 is 2.28. The van der Waals surface area contributed by atoms with Crippen molar-refractivity contribution in [1.82, 2.24) is 15.0 Å². The van der Waals surface area contributed by atoms with Gasteiger partial charge in [-0.3, -0.25) is 0 Å². The minimum atomic E-state index is 0.0273. The zero-order chi connectivity index (χ0) is 19.3. The predicted octanol–water partition coefficient (Wildman–Crippen LogP) is 0.993. The monoisotopic (exact) mass is 426 g/mol. The second-order valence-corrected chi connectivity index (χ2v) is 6.35. The van der Waals surface area contributed by atoms with E-state index in [1.807, 2.05) is 60.7 Å². The molecular weight excluding hydrogens is 403 g/mol. The predicted molar refractivity (Wildman–Crippen MR) is 110 cm³/mol. The fraction of sp³-hybridized carbons (Fsp3) is 0.211. The van der Waals surface area contributed by atoms with Gasteiger partial charge in [-0.1, -0.05) is 36.4 Å². The Labute approximate surface area is 168 Å². The van der Waals surface area contributed by atoms with Crippen molar-refractivity contribution in [3.05, 3.63) is 66.2 Å². The van der Waals surface area contributed by atoms with Gasteiger partial charge in [0, 0.05) is 0 Å². The number of nitrogen functional groups attached to an aromatic ring is 1. The van der Waals surface area contributed by atoms with Crippen molar-refractivity contribution in [2.24, 2.45) is 0 Å². The van der Waals surface area contributed by atoms with Gasteiger partial charge >= 0.3 is 131 Å². The first-order valence-electron chi connectivity index (χ1n) is 8.55. The van der Waals surface area contributed by atoms with Crippen molar-refractivity contribution in [3.63, 3.8) is 0 Å². The molecule has 0 fully saturated rings. The van der Waals surface area contributed by atoms with Gasteiger partial charge in [-0.2, -0.15) is 0 Å². The molecule has 0 amide bonds. The SMILES string of the molecule is Nc1ccc(CCNc2nc([As])nc(NCCO)n2)cc1.c1ccccc1. The summed E-state index contributed by atoms with van der Waals surface area (Å²) in [5.74, 6) is 0.959. The number of aliphatic hydroxyl groups is 1. The molecule has 0 unspecified atom stereocenters. The molecule has 3 rings (SSSR count). The Morgan fingerprint density at radius 1 is 0.815 bits per heavy atom. The Balaban J connectivity index is 0.000000369. The molecule has 1 aromatic heterocycles. The maximum Gasteiger partial charge on any atom is -0.0623 e. The van der Waals surface area contributed by atoms with E-state index in [4.69, 9.17) is 10.8 Å². The molecule has 140 valence electrons. The Bertz CT molecular complexity index is 759. The molecule has 2 aromatic carbocycles. The van der Waals surface area contributed by atoms with Crippen LogP contribution in [0.5, 0.6) is 0 Å². The zero-order valence-electron chi connectivity index (χ0n) is 14.9. The van der Waals surface area contributed by atoms with Gasteiger partial charge in [0.05, 0.1) is 0 Å². The summed E-state index contributed by atoms with van der Waals surface area (Å²) in [6.07, 6.45) is 0.846. The Morgan fingerprint density at radius 2 is 1.33 bits per heavy atom. The molecule has 0 aliphatic heterocycles. The number of rotatable bonds is 7. The summed E-state index contributed by atoms with van der Waals surface area (Å²) in [5.41, 5.74) is 7.60. The first kappa shape index (κ1) is 20.7. The van der Waals surface area contributed by atoms with Crippen molar-refractivity contribution in [2.75, 3.05) is 36.1 Å². The smallest absolute Gasteiger partial charge is 0.0623 e. The van der Waals surface area contributed by atoms with E-state index >= 15 is 0 Å². The number of nitrogens with zero attached hydrogens (tertiary/aromatic N) is 3. The second-order valence-electron chi connectivity index (χ2n) is 5.51. The van der Waals surface area contributed by atoms with Crippen LogP contribution in [0.2, 0.25) is 0 Å². The molecule has 0 aliphatic carbocycles. The summed E-state index contributed by atoms with van der Waals surface area (Å²) in [6, 6.07) is 19.8. The molecule has 8 heteroatoms. The molecule has 0 atom stereocenters. The quantitative estimate of drug-likeness (QED) is 0.330. The van der Waals surface area contributed by atoms with E-state index in [1.54, 1.807) is 0 Å². The van der Waals surface area contributed by atoms with Gasteiger partial charge in [0.15, 0.2) is 0 Å². The number of hydrogen-bond acceptors (Lipinski definition) is 7. The van der Waals surface area contributed by atoms with E-state index in [9.17, 15) is 0 Å². The summed E-state index contributed by atoms with van der Waals surface area (Å²) < 4.78 is 0.563. The third-order valence-corrected chi connectivity index (χ3v) is 3.78. The van der Waals surface area contributed by atoms with Crippen LogP contribution in [-0.4, -0.2) is 56.6 Å². The number of aliphatic hydroxyl groups excluding tert-OH is 1. The van der Waals surface area contributed by atoms with Gasteiger partial charge in [0.1, 0.15) is 0 Å². The number of benzene rings is 2. The minimum absolute atomic E-state index is 0.0273. The largest absolute Gasteiger partial charge is 0.0623 e. The Morgan fingerprint density at radius 3 is 1.85 bits per heavy atom. The van der Waals surface area contributed by atoms with Gasteiger partial charge in [-0.15, -0.1) is 0 Å². The number of nitrogens with one attached hydrogen (secondary N) is 2. The van der Waals surface area contributed by atoms with E-state index in [2.05, 4.69) is 42.4 Å². The average molecular weight is 426 g/mol. The van der Waals surface area contributed by atoms with Crippen LogP contribution in [0.25, 0.3) is 0 Å². The van der Waals surface area contributed by atoms with E-state index in [0.717, 1.165) is 12.1 Å². The molecule has 7 nitrogen and oxygen atoms in total. The number of nitrogens with two attached hydrogens (primary N) is 1. The van der Waals surface area contributed by atoms with Crippen LogP contribution >= 0.6 is 0 Å². The summed E-state index contributed by atoms with van der Waals surface area (Å²) in [7, 11) is 0. The topological polar surface area (TPSA) is 109 Å². The fourth-order valence-corrected chi connectivity index (χ4v) is 2.48. The molecule has 0 saturated heterocycles. The van der Waals surface area contributed by atoms with E-state index in [0.29, 0.717) is 29.6 Å². The summed E-state index contributed by atoms with van der Waals surface area (Å²) in [6.45, 7) is 1.14. The third-order valence-electron chi connectivity index (χ3n) is 3.36. The normalized spacial score (nSPS) is 9.85. The van der Waals surface area contributed by atoms with Crippen molar-refractivity contribution >= 4 is 39.0 Å². The average Bonchev–Trinajstić information content (AvgIpc) is 2.69. The first-order valence-corrected chi connectivity index (χ1v) is 9.49. The molecule has 0 spiro atoms. The second kappa shape index (κ2) is 11.9. The molecule has 0 bridgehead atoms. The van der Waals surface area contributed by atoms with E-state index in [-0.39, 0.29) is 6.61 Å².